The number of likely N-dealkylation sites (tertiary alicyclic amines) is 1. The van der Waals surface area contributed by atoms with E-state index in [0.717, 1.165) is 51.0 Å². The Balaban J connectivity index is 1.66. The van der Waals surface area contributed by atoms with Crippen LogP contribution in [-0.2, 0) is 13.1 Å². The average molecular weight is 360 g/mol. The van der Waals surface area contributed by atoms with Gasteiger partial charge in [-0.1, -0.05) is 30.7 Å². The molecule has 1 aliphatic rings. The summed E-state index contributed by atoms with van der Waals surface area (Å²) in [5.74, 6) is 0.267. The Kier molecular flexibility index (Phi) is 5.92. The maximum atomic E-state index is 12.8. The molecular weight excluding hydrogens is 334 g/mol. The lowest BCUT2D eigenvalue weighted by Crippen LogP contribution is -2.38. The molecule has 3 rings (SSSR count). The second-order valence-electron chi connectivity index (χ2n) is 6.93. The molecule has 0 aliphatic carbocycles. The molecule has 1 unspecified atom stereocenters. The second-order valence-corrected chi connectivity index (χ2v) is 7.36. The van der Waals surface area contributed by atoms with E-state index in [-0.39, 0.29) is 11.7 Å². The molecule has 0 amide bonds. The van der Waals surface area contributed by atoms with Crippen molar-refractivity contribution in [3.05, 3.63) is 52.3 Å². The van der Waals surface area contributed by atoms with Crippen molar-refractivity contribution in [3.8, 4) is 0 Å². The van der Waals surface area contributed by atoms with Crippen molar-refractivity contribution >= 4 is 17.4 Å². The van der Waals surface area contributed by atoms with E-state index in [4.69, 9.17) is 11.6 Å². The number of halogens is 1. The number of nitrogens with zero attached hydrogens (tertiary/aromatic N) is 3. The van der Waals surface area contributed by atoms with Crippen molar-refractivity contribution in [2.45, 2.75) is 46.2 Å². The Hall–Kier alpha value is -1.65. The first-order valence-electron chi connectivity index (χ1n) is 9.12. The highest BCUT2D eigenvalue weighted by molar-refractivity contribution is 6.31. The first kappa shape index (κ1) is 18.2. The number of carbonyl (C=O) groups is 1. The van der Waals surface area contributed by atoms with Crippen LogP contribution < -0.4 is 0 Å². The Morgan fingerprint density at radius 3 is 3.00 bits per heavy atom. The van der Waals surface area contributed by atoms with Gasteiger partial charge in [-0.3, -0.25) is 14.4 Å². The van der Waals surface area contributed by atoms with Gasteiger partial charge in [0.2, 0.25) is 0 Å². The third-order valence-electron chi connectivity index (χ3n) is 5.02. The van der Waals surface area contributed by atoms with E-state index in [0.29, 0.717) is 5.02 Å². The highest BCUT2D eigenvalue weighted by Crippen LogP contribution is 2.24. The smallest absolute Gasteiger partial charge is 0.167 e. The molecule has 25 heavy (non-hydrogen) atoms. The van der Waals surface area contributed by atoms with Crippen LogP contribution in [-0.4, -0.2) is 33.6 Å². The van der Waals surface area contributed by atoms with Gasteiger partial charge >= 0.3 is 0 Å². The molecule has 0 radical (unpaired) electrons. The van der Waals surface area contributed by atoms with Crippen molar-refractivity contribution in [2.24, 2.45) is 5.92 Å². The second kappa shape index (κ2) is 8.15. The summed E-state index contributed by atoms with van der Waals surface area (Å²) < 4.78 is 2.08. The van der Waals surface area contributed by atoms with E-state index in [1.165, 1.54) is 11.3 Å². The number of aryl methyl sites for hydroxylation is 1. The van der Waals surface area contributed by atoms with Gasteiger partial charge in [0.25, 0.3) is 0 Å². The first-order valence-corrected chi connectivity index (χ1v) is 9.49. The Bertz CT molecular complexity index is 740. The zero-order valence-corrected chi connectivity index (χ0v) is 15.8. The van der Waals surface area contributed by atoms with Crippen molar-refractivity contribution in [1.29, 1.82) is 0 Å². The van der Waals surface area contributed by atoms with Crippen LogP contribution in [0, 0.1) is 12.8 Å². The van der Waals surface area contributed by atoms with Gasteiger partial charge in [0, 0.05) is 47.4 Å². The number of benzene rings is 1. The Morgan fingerprint density at radius 2 is 2.24 bits per heavy atom. The number of Topliss-reactive ketones (excluding diaryl/α,β-unsaturated/α-hetero) is 1. The third-order valence-corrected chi connectivity index (χ3v) is 5.25. The number of ketones is 1. The highest BCUT2D eigenvalue weighted by atomic mass is 35.5. The van der Waals surface area contributed by atoms with E-state index < -0.39 is 0 Å². The third kappa shape index (κ3) is 4.31. The fraction of sp³-hybridized carbons (Fsp3) is 0.500. The van der Waals surface area contributed by atoms with Gasteiger partial charge in [0.15, 0.2) is 5.78 Å². The minimum Gasteiger partial charge on any atom is -0.298 e. The summed E-state index contributed by atoms with van der Waals surface area (Å²) in [5.41, 5.74) is 3.24. The lowest BCUT2D eigenvalue weighted by Gasteiger charge is -2.32. The zero-order valence-electron chi connectivity index (χ0n) is 15.0. The minimum atomic E-state index is 0.0539. The summed E-state index contributed by atoms with van der Waals surface area (Å²) in [4.78, 5) is 15.2. The molecule has 0 N–H and O–H groups in total. The number of hydrogen-bond donors (Lipinski definition) is 0. The van der Waals surface area contributed by atoms with E-state index in [1.54, 1.807) is 6.07 Å². The van der Waals surface area contributed by atoms with E-state index in [1.807, 2.05) is 24.4 Å². The normalized spacial score (nSPS) is 18.4. The Morgan fingerprint density at radius 1 is 1.40 bits per heavy atom. The number of rotatable bonds is 6. The molecular formula is C20H26ClN3O. The zero-order chi connectivity index (χ0) is 17.8. The summed E-state index contributed by atoms with van der Waals surface area (Å²) in [7, 11) is 0. The van der Waals surface area contributed by atoms with Crippen LogP contribution in [0.15, 0.2) is 30.5 Å². The summed E-state index contributed by atoms with van der Waals surface area (Å²) in [6.45, 7) is 7.98. The molecule has 2 aromatic rings. The fourth-order valence-corrected chi connectivity index (χ4v) is 3.80. The molecule has 0 spiro atoms. The molecule has 2 heterocycles. The number of hydrogen-bond acceptors (Lipinski definition) is 3. The quantitative estimate of drug-likeness (QED) is 0.719. The van der Waals surface area contributed by atoms with Gasteiger partial charge in [-0.15, -0.1) is 0 Å². The maximum absolute atomic E-state index is 12.8. The topological polar surface area (TPSA) is 38.1 Å². The van der Waals surface area contributed by atoms with Crippen molar-refractivity contribution in [2.75, 3.05) is 13.1 Å². The van der Waals surface area contributed by atoms with Gasteiger partial charge in [0.05, 0.1) is 6.20 Å². The predicted molar refractivity (Wildman–Crippen MR) is 101 cm³/mol. The molecule has 0 bridgehead atoms. The van der Waals surface area contributed by atoms with E-state index in [9.17, 15) is 4.79 Å². The highest BCUT2D eigenvalue weighted by Gasteiger charge is 2.27. The summed E-state index contributed by atoms with van der Waals surface area (Å²) in [6.07, 6.45) is 5.07. The lowest BCUT2D eigenvalue weighted by atomic mass is 9.90. The SMILES string of the molecule is CCCn1ncc(CN2CCCC(C(=O)c3cccc(Cl)c3)C2)c1C. The average Bonchev–Trinajstić information content (AvgIpc) is 2.95. The largest absolute Gasteiger partial charge is 0.298 e. The van der Waals surface area contributed by atoms with Crippen LogP contribution in [0.4, 0.5) is 0 Å². The standard InChI is InChI=1S/C20H26ClN3O/c1-3-9-24-15(2)18(12-22-24)14-23-10-5-7-17(13-23)20(25)16-6-4-8-19(21)11-16/h4,6,8,11-12,17H,3,5,7,9-10,13-14H2,1-2H3. The Labute approximate surface area is 154 Å². The van der Waals surface area contributed by atoms with Gasteiger partial charge in [-0.2, -0.15) is 5.10 Å². The number of carbonyl (C=O) groups excluding carboxylic acids is 1. The molecule has 4 nitrogen and oxygen atoms in total. The van der Waals surface area contributed by atoms with Crippen LogP contribution >= 0.6 is 11.6 Å². The molecule has 0 saturated carbocycles. The monoisotopic (exact) mass is 359 g/mol. The molecule has 5 heteroatoms. The molecule has 1 aromatic carbocycles. The molecule has 1 atom stereocenters. The van der Waals surface area contributed by atoms with Crippen LogP contribution in [0.5, 0.6) is 0 Å². The molecule has 1 aliphatic heterocycles. The summed E-state index contributed by atoms with van der Waals surface area (Å²) >= 11 is 6.04. The van der Waals surface area contributed by atoms with Gasteiger partial charge in [-0.05, 0) is 44.9 Å². The van der Waals surface area contributed by atoms with Crippen molar-refractivity contribution < 1.29 is 4.79 Å². The summed E-state index contributed by atoms with van der Waals surface area (Å²) in [5, 5.41) is 5.11. The van der Waals surface area contributed by atoms with Crippen molar-refractivity contribution in [1.82, 2.24) is 14.7 Å². The van der Waals surface area contributed by atoms with E-state index in [2.05, 4.69) is 28.5 Å². The molecule has 1 fully saturated rings. The summed E-state index contributed by atoms with van der Waals surface area (Å²) in [6, 6.07) is 7.30. The van der Waals surface area contributed by atoms with Crippen LogP contribution in [0.25, 0.3) is 0 Å². The van der Waals surface area contributed by atoms with Gasteiger partial charge in [-0.25, -0.2) is 0 Å². The fourth-order valence-electron chi connectivity index (χ4n) is 3.61. The van der Waals surface area contributed by atoms with Crippen LogP contribution in [0.2, 0.25) is 5.02 Å². The predicted octanol–water partition coefficient (Wildman–Crippen LogP) is 4.35. The van der Waals surface area contributed by atoms with Crippen molar-refractivity contribution in [3.63, 3.8) is 0 Å². The number of aromatic nitrogens is 2. The lowest BCUT2D eigenvalue weighted by molar-refractivity contribution is 0.0811. The van der Waals surface area contributed by atoms with E-state index >= 15 is 0 Å². The van der Waals surface area contributed by atoms with Gasteiger partial charge in [0.1, 0.15) is 0 Å². The van der Waals surface area contributed by atoms with Gasteiger partial charge < -0.3 is 0 Å². The molecule has 1 saturated heterocycles. The first-order chi connectivity index (χ1) is 12.1. The maximum Gasteiger partial charge on any atom is 0.167 e. The molecule has 1 aromatic heterocycles. The number of piperidine rings is 1. The minimum absolute atomic E-state index is 0.0539. The molecule has 134 valence electrons. The van der Waals surface area contributed by atoms with Crippen LogP contribution in [0.1, 0.15) is 47.8 Å². The van der Waals surface area contributed by atoms with Crippen LogP contribution in [0.3, 0.4) is 0 Å².